The molecule has 3 aliphatic rings. The number of piperidine rings is 1. The number of anilines is 1. The highest BCUT2D eigenvalue weighted by Crippen LogP contribution is 2.27. The topological polar surface area (TPSA) is 159 Å². The highest BCUT2D eigenvalue weighted by Gasteiger charge is 2.31. The summed E-state index contributed by atoms with van der Waals surface area (Å²) in [4.78, 5) is 66.9. The van der Waals surface area contributed by atoms with Gasteiger partial charge in [0.05, 0.1) is 17.8 Å². The highest BCUT2D eigenvalue weighted by molar-refractivity contribution is 6.09. The SMILES string of the molecule is CCc1cccc(-c2cnc(C(=O)N3CCN(CC4CCN(CC(=O)N5CCN(C(=O)c6cc(CC(=N)c7ccccc7C(N)=O)ccc6F)CC5)CC4)CC3)c(NC)c2)c1. The maximum Gasteiger partial charge on any atom is 0.274 e. The molecule has 0 spiro atoms. The second kappa shape index (κ2) is 19.6. The van der Waals surface area contributed by atoms with Gasteiger partial charge in [0.1, 0.15) is 5.82 Å². The molecule has 14 heteroatoms. The Hall–Kier alpha value is -5.99. The number of hydrogen-bond donors (Lipinski definition) is 3. The minimum Gasteiger partial charge on any atom is -0.386 e. The molecule has 3 aliphatic heterocycles. The Morgan fingerprint density at radius 1 is 0.738 bits per heavy atom. The van der Waals surface area contributed by atoms with Crippen LogP contribution in [-0.2, 0) is 17.6 Å². The molecule has 3 saturated heterocycles. The van der Waals surface area contributed by atoms with Crippen LogP contribution in [0.15, 0.2) is 79.0 Å². The normalized spacial score (nSPS) is 16.7. The van der Waals surface area contributed by atoms with Crippen LogP contribution in [0.4, 0.5) is 10.1 Å². The first-order valence-electron chi connectivity index (χ1n) is 21.3. The number of aryl methyl sites for hydroxylation is 1. The number of nitrogens with one attached hydrogen (secondary N) is 2. The lowest BCUT2D eigenvalue weighted by Gasteiger charge is -2.39. The van der Waals surface area contributed by atoms with Crippen LogP contribution in [-0.4, -0.2) is 144 Å². The number of carbonyl (C=O) groups is 4. The maximum absolute atomic E-state index is 15.0. The number of piperazine rings is 2. The van der Waals surface area contributed by atoms with E-state index in [-0.39, 0.29) is 35.1 Å². The van der Waals surface area contributed by atoms with Gasteiger partial charge in [-0.3, -0.25) is 29.0 Å². The van der Waals surface area contributed by atoms with E-state index in [4.69, 9.17) is 11.1 Å². The third-order valence-corrected chi connectivity index (χ3v) is 12.3. The molecule has 4 aromatic rings. The lowest BCUT2D eigenvalue weighted by Crippen LogP contribution is -2.53. The Balaban J connectivity index is 0.825. The van der Waals surface area contributed by atoms with E-state index in [0.29, 0.717) is 68.6 Å². The summed E-state index contributed by atoms with van der Waals surface area (Å²) in [6.07, 6.45) is 4.84. The van der Waals surface area contributed by atoms with Gasteiger partial charge in [0, 0.05) is 101 Å². The van der Waals surface area contributed by atoms with Crippen molar-refractivity contribution in [3.05, 3.63) is 118 Å². The summed E-state index contributed by atoms with van der Waals surface area (Å²) in [7, 11) is 1.83. The van der Waals surface area contributed by atoms with Gasteiger partial charge < -0.3 is 31.2 Å². The number of nitrogens with zero attached hydrogens (tertiary/aromatic N) is 6. The summed E-state index contributed by atoms with van der Waals surface area (Å²) in [5, 5.41) is 11.8. The standard InChI is InChI=1S/C47H56FN9O4/c1-3-32-7-6-8-35(25-32)36-28-42(51-2)44(52-29-36)47(61)57-19-17-54(18-20-57)30-33-13-15-53(16-14-33)31-43(58)55-21-23-56(24-22-55)46(60)39-26-34(11-12-40(39)48)27-41(49)37-9-4-5-10-38(37)45(50)59/h4-12,25-26,28-29,33,49,51H,3,13-24,27,30-31H2,1-2H3,(H2,50,59). The summed E-state index contributed by atoms with van der Waals surface area (Å²) in [5.41, 5.74) is 11.2. The van der Waals surface area contributed by atoms with Gasteiger partial charge in [-0.25, -0.2) is 9.37 Å². The number of carbonyl (C=O) groups excluding carboxylic acids is 4. The molecule has 320 valence electrons. The minimum atomic E-state index is -0.649. The van der Waals surface area contributed by atoms with Crippen molar-refractivity contribution in [1.82, 2.24) is 29.5 Å². The molecule has 0 saturated carbocycles. The van der Waals surface area contributed by atoms with Crippen molar-refractivity contribution in [2.45, 2.75) is 32.6 Å². The fraction of sp³-hybridized carbons (Fsp3) is 0.404. The van der Waals surface area contributed by atoms with E-state index in [2.05, 4.69) is 51.3 Å². The number of rotatable bonds is 13. The third-order valence-electron chi connectivity index (χ3n) is 12.3. The van der Waals surface area contributed by atoms with E-state index < -0.39 is 17.6 Å². The number of pyridine rings is 1. The van der Waals surface area contributed by atoms with Crippen LogP contribution in [0.1, 0.15) is 67.7 Å². The summed E-state index contributed by atoms with van der Waals surface area (Å²) in [6, 6.07) is 21.2. The Morgan fingerprint density at radius 2 is 1.41 bits per heavy atom. The van der Waals surface area contributed by atoms with Crippen molar-refractivity contribution in [2.24, 2.45) is 11.7 Å². The van der Waals surface area contributed by atoms with Crippen LogP contribution in [0.5, 0.6) is 0 Å². The molecule has 0 unspecified atom stereocenters. The van der Waals surface area contributed by atoms with Crippen LogP contribution >= 0.6 is 0 Å². The van der Waals surface area contributed by atoms with Gasteiger partial charge in [-0.2, -0.15) is 0 Å². The van der Waals surface area contributed by atoms with Crippen molar-refractivity contribution < 1.29 is 23.6 Å². The van der Waals surface area contributed by atoms with Crippen molar-refractivity contribution in [2.75, 3.05) is 90.9 Å². The molecule has 0 aliphatic carbocycles. The summed E-state index contributed by atoms with van der Waals surface area (Å²) in [6.45, 7) is 9.38. The molecule has 3 aromatic carbocycles. The van der Waals surface area contributed by atoms with E-state index in [1.165, 1.54) is 23.8 Å². The van der Waals surface area contributed by atoms with E-state index >= 15 is 0 Å². The maximum atomic E-state index is 15.0. The number of benzene rings is 3. The molecule has 4 amide bonds. The zero-order valence-electron chi connectivity index (χ0n) is 35.2. The molecule has 4 heterocycles. The number of amides is 4. The average molecular weight is 830 g/mol. The number of hydrogen-bond acceptors (Lipinski definition) is 9. The molecule has 7 rings (SSSR count). The van der Waals surface area contributed by atoms with Crippen LogP contribution in [0.3, 0.4) is 0 Å². The second-order valence-corrected chi connectivity index (χ2v) is 16.3. The monoisotopic (exact) mass is 829 g/mol. The first-order chi connectivity index (χ1) is 29.5. The predicted molar refractivity (Wildman–Crippen MR) is 234 cm³/mol. The fourth-order valence-corrected chi connectivity index (χ4v) is 8.66. The van der Waals surface area contributed by atoms with Crippen molar-refractivity contribution in [1.29, 1.82) is 5.41 Å². The van der Waals surface area contributed by atoms with Gasteiger partial charge in [-0.1, -0.05) is 55.5 Å². The Kier molecular flexibility index (Phi) is 13.8. The molecule has 13 nitrogen and oxygen atoms in total. The third kappa shape index (κ3) is 10.3. The van der Waals surface area contributed by atoms with Crippen LogP contribution < -0.4 is 11.1 Å². The van der Waals surface area contributed by atoms with Crippen molar-refractivity contribution in [3.8, 4) is 11.1 Å². The molecule has 0 bridgehead atoms. The summed E-state index contributed by atoms with van der Waals surface area (Å²) in [5.74, 6) is -1.24. The smallest absolute Gasteiger partial charge is 0.274 e. The Morgan fingerprint density at radius 3 is 2.10 bits per heavy atom. The second-order valence-electron chi connectivity index (χ2n) is 16.3. The first-order valence-corrected chi connectivity index (χ1v) is 21.3. The predicted octanol–water partition coefficient (Wildman–Crippen LogP) is 4.66. The molecular formula is C47H56FN9O4. The lowest BCUT2D eigenvalue weighted by atomic mass is 9.96. The Labute approximate surface area is 357 Å². The largest absolute Gasteiger partial charge is 0.386 e. The van der Waals surface area contributed by atoms with Crippen LogP contribution in [0.2, 0.25) is 0 Å². The minimum absolute atomic E-state index is 0.0329. The van der Waals surface area contributed by atoms with E-state index in [0.717, 1.165) is 68.8 Å². The number of nitrogens with two attached hydrogens (primary N) is 1. The lowest BCUT2D eigenvalue weighted by molar-refractivity contribution is -0.134. The molecule has 3 fully saturated rings. The fourth-order valence-electron chi connectivity index (χ4n) is 8.66. The quantitative estimate of drug-likeness (QED) is 0.164. The molecular weight excluding hydrogens is 774 g/mol. The van der Waals surface area contributed by atoms with Crippen molar-refractivity contribution >= 4 is 35.0 Å². The van der Waals surface area contributed by atoms with E-state index in [1.54, 1.807) is 40.3 Å². The Bertz CT molecular complexity index is 2260. The highest BCUT2D eigenvalue weighted by atomic mass is 19.1. The van der Waals surface area contributed by atoms with Gasteiger partial charge in [-0.05, 0) is 79.2 Å². The van der Waals surface area contributed by atoms with Crippen molar-refractivity contribution in [3.63, 3.8) is 0 Å². The van der Waals surface area contributed by atoms with Gasteiger partial charge >= 0.3 is 0 Å². The zero-order valence-corrected chi connectivity index (χ0v) is 35.2. The molecule has 0 atom stereocenters. The van der Waals surface area contributed by atoms with Gasteiger partial charge in [0.25, 0.3) is 11.8 Å². The van der Waals surface area contributed by atoms with Crippen LogP contribution in [0, 0.1) is 17.1 Å². The number of halogens is 1. The number of primary amides is 1. The zero-order chi connectivity index (χ0) is 43.0. The van der Waals surface area contributed by atoms with Gasteiger partial charge in [-0.15, -0.1) is 0 Å². The average Bonchev–Trinajstić information content (AvgIpc) is 3.29. The molecule has 1 aromatic heterocycles. The molecule has 61 heavy (non-hydrogen) atoms. The number of likely N-dealkylation sites (tertiary alicyclic amines) is 1. The number of aromatic nitrogens is 1. The summed E-state index contributed by atoms with van der Waals surface area (Å²) >= 11 is 0. The first kappa shape index (κ1) is 43.1. The summed E-state index contributed by atoms with van der Waals surface area (Å²) < 4.78 is 15.0. The van der Waals surface area contributed by atoms with Crippen LogP contribution in [0.25, 0.3) is 11.1 Å². The molecule has 4 N–H and O–H groups in total. The molecule has 0 radical (unpaired) electrons. The van der Waals surface area contributed by atoms with Gasteiger partial charge in [0.2, 0.25) is 11.8 Å². The van der Waals surface area contributed by atoms with E-state index in [1.807, 2.05) is 18.0 Å². The van der Waals surface area contributed by atoms with Gasteiger partial charge in [0.15, 0.2) is 5.69 Å². The van der Waals surface area contributed by atoms with E-state index in [9.17, 15) is 23.6 Å².